The molecule has 1 rings (SSSR count). The fourth-order valence-electron chi connectivity index (χ4n) is 2.51. The summed E-state index contributed by atoms with van der Waals surface area (Å²) in [5.74, 6) is 0.954. The van der Waals surface area contributed by atoms with E-state index >= 15 is 0 Å². The molecule has 19 heavy (non-hydrogen) atoms. The molecule has 0 bridgehead atoms. The monoisotopic (exact) mass is 292 g/mol. The summed E-state index contributed by atoms with van der Waals surface area (Å²) in [6.07, 6.45) is 4.05. The van der Waals surface area contributed by atoms with Crippen LogP contribution in [-0.2, 0) is 9.84 Å². The van der Waals surface area contributed by atoms with Gasteiger partial charge in [-0.1, -0.05) is 0 Å². The lowest BCUT2D eigenvalue weighted by Gasteiger charge is -2.32. The molecule has 2 N–H and O–H groups in total. The fourth-order valence-corrected chi connectivity index (χ4v) is 3.18. The predicted molar refractivity (Wildman–Crippen MR) is 78.0 cm³/mol. The van der Waals surface area contributed by atoms with E-state index in [-0.39, 0.29) is 11.9 Å². The highest BCUT2D eigenvalue weighted by Crippen LogP contribution is 2.16. The van der Waals surface area contributed by atoms with Crippen LogP contribution in [0.2, 0.25) is 0 Å². The van der Waals surface area contributed by atoms with Gasteiger partial charge in [-0.15, -0.1) is 0 Å². The number of piperidine rings is 1. The van der Waals surface area contributed by atoms with Crippen molar-refractivity contribution in [2.75, 3.05) is 44.7 Å². The molecule has 5 nitrogen and oxygen atoms in total. The Hall–Kier alpha value is -0.170. The number of hydrogen-bond donors (Lipinski definition) is 2. The van der Waals surface area contributed by atoms with Crippen LogP contribution in [0, 0.1) is 5.92 Å². The highest BCUT2D eigenvalue weighted by molar-refractivity contribution is 7.90. The molecule has 0 aromatic carbocycles. The van der Waals surface area contributed by atoms with E-state index in [1.807, 2.05) is 6.92 Å². The number of aliphatic hydroxyl groups is 1. The van der Waals surface area contributed by atoms with E-state index < -0.39 is 9.84 Å². The zero-order valence-corrected chi connectivity index (χ0v) is 13.0. The van der Waals surface area contributed by atoms with Crippen LogP contribution in [-0.4, -0.2) is 69.3 Å². The van der Waals surface area contributed by atoms with Gasteiger partial charge in [-0.25, -0.2) is 8.42 Å². The lowest BCUT2D eigenvalue weighted by Crippen LogP contribution is -2.40. The number of rotatable bonds is 8. The minimum atomic E-state index is -2.82. The van der Waals surface area contributed by atoms with Crippen molar-refractivity contribution in [2.24, 2.45) is 5.92 Å². The average Bonchev–Trinajstić information content (AvgIpc) is 2.28. The normalized spacial score (nSPS) is 20.6. The second-order valence-corrected chi connectivity index (χ2v) is 8.04. The van der Waals surface area contributed by atoms with Gasteiger partial charge in [0.2, 0.25) is 0 Å². The molecular formula is C13H28N2O3S. The molecule has 0 aliphatic carbocycles. The van der Waals surface area contributed by atoms with Crippen molar-refractivity contribution < 1.29 is 13.5 Å². The van der Waals surface area contributed by atoms with Gasteiger partial charge >= 0.3 is 0 Å². The summed E-state index contributed by atoms with van der Waals surface area (Å²) in [6.45, 7) is 6.47. The molecule has 1 aliphatic heterocycles. The summed E-state index contributed by atoms with van der Waals surface area (Å²) in [5.41, 5.74) is 0. The molecule has 1 aliphatic rings. The average molecular weight is 292 g/mol. The van der Waals surface area contributed by atoms with Crippen LogP contribution in [0.1, 0.15) is 26.2 Å². The Morgan fingerprint density at radius 1 is 1.37 bits per heavy atom. The topological polar surface area (TPSA) is 69.6 Å². The van der Waals surface area contributed by atoms with Gasteiger partial charge in [0.15, 0.2) is 0 Å². The smallest absolute Gasteiger partial charge is 0.147 e. The fraction of sp³-hybridized carbons (Fsp3) is 1.00. The Bertz CT molecular complexity index is 336. The first-order valence-corrected chi connectivity index (χ1v) is 9.22. The third-order valence-corrected chi connectivity index (χ3v) is 4.56. The molecule has 114 valence electrons. The molecule has 0 unspecified atom stereocenters. The second-order valence-electron chi connectivity index (χ2n) is 5.78. The van der Waals surface area contributed by atoms with Crippen molar-refractivity contribution in [3.8, 4) is 0 Å². The van der Waals surface area contributed by atoms with Gasteiger partial charge in [0.05, 0.1) is 11.9 Å². The molecule has 1 atom stereocenters. The Labute approximate surface area is 117 Å². The molecule has 1 fully saturated rings. The van der Waals surface area contributed by atoms with E-state index in [1.54, 1.807) is 0 Å². The molecule has 6 heteroatoms. The molecule has 1 saturated heterocycles. The number of nitrogens with zero attached hydrogens (tertiary/aromatic N) is 1. The van der Waals surface area contributed by atoms with Crippen LogP contribution in [0.3, 0.4) is 0 Å². The quantitative estimate of drug-likeness (QED) is 0.621. The molecular weight excluding hydrogens is 264 g/mol. The highest BCUT2D eigenvalue weighted by atomic mass is 32.2. The van der Waals surface area contributed by atoms with Gasteiger partial charge in [-0.3, -0.25) is 0 Å². The van der Waals surface area contributed by atoms with E-state index in [0.29, 0.717) is 12.3 Å². The van der Waals surface area contributed by atoms with Crippen LogP contribution < -0.4 is 5.32 Å². The van der Waals surface area contributed by atoms with Crippen molar-refractivity contribution in [2.45, 2.75) is 32.3 Å². The third kappa shape index (κ3) is 8.57. The number of nitrogens with one attached hydrogen (secondary N) is 1. The van der Waals surface area contributed by atoms with Gasteiger partial charge in [0, 0.05) is 12.8 Å². The van der Waals surface area contributed by atoms with Crippen molar-refractivity contribution >= 4 is 9.84 Å². The Morgan fingerprint density at radius 2 is 2.00 bits per heavy atom. The van der Waals surface area contributed by atoms with Gasteiger partial charge in [-0.2, -0.15) is 0 Å². The molecule has 0 aromatic rings. The molecule has 0 amide bonds. The van der Waals surface area contributed by atoms with Crippen molar-refractivity contribution in [1.29, 1.82) is 0 Å². The van der Waals surface area contributed by atoms with Gasteiger partial charge in [0.1, 0.15) is 9.84 Å². The second kappa shape index (κ2) is 8.19. The van der Waals surface area contributed by atoms with Gasteiger partial charge in [-0.05, 0) is 58.3 Å². The van der Waals surface area contributed by atoms with Crippen molar-refractivity contribution in [3.05, 3.63) is 0 Å². The first-order chi connectivity index (χ1) is 8.87. The van der Waals surface area contributed by atoms with E-state index in [1.165, 1.54) is 6.26 Å². The summed E-state index contributed by atoms with van der Waals surface area (Å²) in [4.78, 5) is 2.31. The molecule has 0 radical (unpaired) electrons. The lowest BCUT2D eigenvalue weighted by molar-refractivity contribution is 0.0999. The first kappa shape index (κ1) is 16.9. The highest BCUT2D eigenvalue weighted by Gasteiger charge is 2.19. The molecule has 0 aromatic heterocycles. The van der Waals surface area contributed by atoms with Crippen LogP contribution in [0.15, 0.2) is 0 Å². The summed E-state index contributed by atoms with van der Waals surface area (Å²) in [7, 11) is -2.82. The Kier molecular flexibility index (Phi) is 7.28. The van der Waals surface area contributed by atoms with Gasteiger partial charge in [0.25, 0.3) is 0 Å². The molecule has 0 saturated carbocycles. The van der Waals surface area contributed by atoms with E-state index in [2.05, 4.69) is 10.2 Å². The number of sulfone groups is 1. The lowest BCUT2D eigenvalue weighted by atomic mass is 9.96. The van der Waals surface area contributed by atoms with E-state index in [4.69, 9.17) is 0 Å². The number of hydrogen-bond acceptors (Lipinski definition) is 5. The number of β-amino-alcohol motifs (C(OH)–C–C–N with tert-alkyl or cyclic N) is 1. The Balaban J connectivity index is 2.03. The zero-order valence-electron chi connectivity index (χ0n) is 12.1. The van der Waals surface area contributed by atoms with Crippen molar-refractivity contribution in [3.63, 3.8) is 0 Å². The summed E-state index contributed by atoms with van der Waals surface area (Å²) in [6, 6.07) is 0. The first-order valence-electron chi connectivity index (χ1n) is 7.15. The third-order valence-electron chi connectivity index (χ3n) is 3.53. The molecule has 1 heterocycles. The van der Waals surface area contributed by atoms with Gasteiger partial charge < -0.3 is 15.3 Å². The maximum absolute atomic E-state index is 11.0. The van der Waals surface area contributed by atoms with E-state index in [0.717, 1.165) is 45.6 Å². The molecule has 0 spiro atoms. The largest absolute Gasteiger partial charge is 0.392 e. The van der Waals surface area contributed by atoms with Crippen molar-refractivity contribution in [1.82, 2.24) is 10.2 Å². The number of likely N-dealkylation sites (tertiary alicyclic amines) is 1. The number of aliphatic hydroxyl groups excluding tert-OH is 1. The summed E-state index contributed by atoms with van der Waals surface area (Å²) >= 11 is 0. The minimum Gasteiger partial charge on any atom is -0.392 e. The maximum Gasteiger partial charge on any atom is 0.147 e. The van der Waals surface area contributed by atoms with E-state index in [9.17, 15) is 13.5 Å². The van der Waals surface area contributed by atoms with Crippen LogP contribution in [0.5, 0.6) is 0 Å². The van der Waals surface area contributed by atoms with Crippen LogP contribution in [0.4, 0.5) is 0 Å². The SMILES string of the molecule is C[C@H](O)CN1CCC(CNCCCS(C)(=O)=O)CC1. The zero-order chi connectivity index (χ0) is 14.3. The Morgan fingerprint density at radius 3 is 2.53 bits per heavy atom. The minimum absolute atomic E-state index is 0.245. The summed E-state index contributed by atoms with van der Waals surface area (Å²) < 4.78 is 21.9. The summed E-state index contributed by atoms with van der Waals surface area (Å²) in [5, 5.41) is 12.7. The van der Waals surface area contributed by atoms with Crippen LogP contribution >= 0.6 is 0 Å². The standard InChI is InChI=1S/C13H28N2O3S/c1-12(16)11-15-7-4-13(5-8-15)10-14-6-3-9-19(2,17)18/h12-14,16H,3-11H2,1-2H3/t12-/m0/s1. The maximum atomic E-state index is 11.0. The predicted octanol–water partition coefficient (Wildman–Crippen LogP) is 0.104. The van der Waals surface area contributed by atoms with Crippen LogP contribution in [0.25, 0.3) is 0 Å².